The molecule has 25 heavy (non-hydrogen) atoms. The van der Waals surface area contributed by atoms with Crippen LogP contribution < -0.4 is 10.6 Å². The van der Waals surface area contributed by atoms with E-state index in [-0.39, 0.29) is 0 Å². The summed E-state index contributed by atoms with van der Waals surface area (Å²) in [5.41, 5.74) is 3.98. The maximum Gasteiger partial charge on any atom is 0.166 e. The van der Waals surface area contributed by atoms with Gasteiger partial charge in [-0.15, -0.1) is 0 Å². The van der Waals surface area contributed by atoms with Crippen LogP contribution in [0.5, 0.6) is 0 Å². The molecule has 0 amide bonds. The second kappa shape index (κ2) is 9.54. The minimum Gasteiger partial charge on any atom is -0.362 e. The lowest BCUT2D eigenvalue weighted by Gasteiger charge is -2.15. The van der Waals surface area contributed by atoms with Gasteiger partial charge in [-0.2, -0.15) is 0 Å². The van der Waals surface area contributed by atoms with Crippen molar-refractivity contribution in [2.45, 2.75) is 32.4 Å². The van der Waals surface area contributed by atoms with Gasteiger partial charge in [0.1, 0.15) is 0 Å². The molecule has 0 saturated carbocycles. The molecule has 3 rings (SSSR count). The Morgan fingerprint density at radius 1 is 0.840 bits per heavy atom. The molecule has 2 N–H and O–H groups in total. The summed E-state index contributed by atoms with van der Waals surface area (Å²) in [6.45, 7) is 5.18. The molecule has 4 heteroatoms. The third-order valence-electron chi connectivity index (χ3n) is 4.62. The van der Waals surface area contributed by atoms with Gasteiger partial charge in [-0.25, -0.2) is 0 Å². The smallest absolute Gasteiger partial charge is 0.166 e. The Hall–Kier alpha value is -1.91. The summed E-state index contributed by atoms with van der Waals surface area (Å²) in [7, 11) is 0. The highest BCUT2D eigenvalue weighted by atomic mass is 32.1. The van der Waals surface area contributed by atoms with Crippen LogP contribution in [0.2, 0.25) is 0 Å². The molecule has 3 nitrogen and oxygen atoms in total. The van der Waals surface area contributed by atoms with E-state index < -0.39 is 0 Å². The second-order valence-corrected chi connectivity index (χ2v) is 7.05. The maximum absolute atomic E-state index is 5.36. The van der Waals surface area contributed by atoms with Crippen LogP contribution in [-0.2, 0) is 19.5 Å². The summed E-state index contributed by atoms with van der Waals surface area (Å²) in [6, 6.07) is 19.3. The zero-order valence-electron chi connectivity index (χ0n) is 14.7. The van der Waals surface area contributed by atoms with E-state index in [0.29, 0.717) is 0 Å². The first-order valence-corrected chi connectivity index (χ1v) is 9.56. The van der Waals surface area contributed by atoms with Gasteiger partial charge in [0.15, 0.2) is 5.11 Å². The molecular weight excluding hydrogens is 326 g/mol. The van der Waals surface area contributed by atoms with Gasteiger partial charge in [-0.1, -0.05) is 54.6 Å². The first-order chi connectivity index (χ1) is 12.3. The van der Waals surface area contributed by atoms with E-state index in [1.165, 1.54) is 42.6 Å². The summed E-state index contributed by atoms with van der Waals surface area (Å²) in [5, 5.41) is 7.28. The highest BCUT2D eigenvalue weighted by Crippen LogP contribution is 2.13. The Balaban J connectivity index is 1.35. The molecule has 0 bridgehead atoms. The summed E-state index contributed by atoms with van der Waals surface area (Å²) in [4.78, 5) is 2.53. The van der Waals surface area contributed by atoms with Crippen molar-refractivity contribution in [3.05, 3.63) is 71.3 Å². The predicted octanol–water partition coefficient (Wildman–Crippen LogP) is 3.49. The van der Waals surface area contributed by atoms with Gasteiger partial charge in [-0.05, 0) is 61.3 Å². The molecule has 0 spiro atoms. The third-order valence-corrected chi connectivity index (χ3v) is 4.91. The minimum absolute atomic E-state index is 0.720. The monoisotopic (exact) mass is 353 g/mol. The Bertz CT molecular complexity index is 649. The third kappa shape index (κ3) is 6.15. The van der Waals surface area contributed by atoms with Crippen molar-refractivity contribution in [1.29, 1.82) is 0 Å². The number of benzene rings is 2. The van der Waals surface area contributed by atoms with Crippen LogP contribution in [0.3, 0.4) is 0 Å². The summed E-state index contributed by atoms with van der Waals surface area (Å²) < 4.78 is 0. The Labute approximate surface area is 156 Å². The number of nitrogens with one attached hydrogen (secondary N) is 2. The average Bonchev–Trinajstić information content (AvgIpc) is 3.15. The fraction of sp³-hybridized carbons (Fsp3) is 0.381. The van der Waals surface area contributed by atoms with E-state index in [9.17, 15) is 0 Å². The molecule has 0 radical (unpaired) electrons. The fourth-order valence-electron chi connectivity index (χ4n) is 3.17. The number of hydrogen-bond donors (Lipinski definition) is 2. The molecule has 132 valence electrons. The average molecular weight is 354 g/mol. The lowest BCUT2D eigenvalue weighted by molar-refractivity contribution is 0.331. The Morgan fingerprint density at radius 3 is 2.24 bits per heavy atom. The van der Waals surface area contributed by atoms with Crippen LogP contribution in [0.25, 0.3) is 0 Å². The van der Waals surface area contributed by atoms with Gasteiger partial charge >= 0.3 is 0 Å². The van der Waals surface area contributed by atoms with Crippen molar-refractivity contribution in [1.82, 2.24) is 15.5 Å². The molecule has 0 unspecified atom stereocenters. The zero-order chi connectivity index (χ0) is 17.3. The van der Waals surface area contributed by atoms with Crippen LogP contribution in [0.1, 0.15) is 29.5 Å². The van der Waals surface area contributed by atoms with Crippen LogP contribution in [0, 0.1) is 0 Å². The predicted molar refractivity (Wildman–Crippen MR) is 109 cm³/mol. The number of hydrogen-bond acceptors (Lipinski definition) is 2. The van der Waals surface area contributed by atoms with Gasteiger partial charge in [-0.3, -0.25) is 4.90 Å². The molecular formula is C21H27N3S. The summed E-state index contributed by atoms with van der Waals surface area (Å²) in [6.07, 6.45) is 3.67. The molecule has 0 atom stereocenters. The zero-order valence-corrected chi connectivity index (χ0v) is 15.5. The molecule has 1 aliphatic heterocycles. The maximum atomic E-state index is 5.36. The molecule has 1 saturated heterocycles. The summed E-state index contributed by atoms with van der Waals surface area (Å²) >= 11 is 5.36. The first kappa shape index (κ1) is 17.9. The van der Waals surface area contributed by atoms with E-state index in [1.807, 2.05) is 6.07 Å². The van der Waals surface area contributed by atoms with Crippen molar-refractivity contribution < 1.29 is 0 Å². The largest absolute Gasteiger partial charge is 0.362 e. The lowest BCUT2D eigenvalue weighted by atomic mass is 10.1. The van der Waals surface area contributed by atoms with Crippen molar-refractivity contribution in [3.63, 3.8) is 0 Å². The first-order valence-electron chi connectivity index (χ1n) is 9.15. The number of thiocarbonyl (C=S) groups is 1. The molecule has 2 aromatic rings. The summed E-state index contributed by atoms with van der Waals surface area (Å²) in [5.74, 6) is 0. The van der Waals surface area contributed by atoms with Gasteiger partial charge in [0.2, 0.25) is 0 Å². The Kier molecular flexibility index (Phi) is 6.83. The minimum atomic E-state index is 0.720. The highest BCUT2D eigenvalue weighted by molar-refractivity contribution is 7.80. The van der Waals surface area contributed by atoms with E-state index in [2.05, 4.69) is 64.1 Å². The lowest BCUT2D eigenvalue weighted by Crippen LogP contribution is -2.35. The van der Waals surface area contributed by atoms with Crippen molar-refractivity contribution in [3.8, 4) is 0 Å². The van der Waals surface area contributed by atoms with Crippen LogP contribution >= 0.6 is 12.2 Å². The van der Waals surface area contributed by atoms with Gasteiger partial charge < -0.3 is 10.6 Å². The van der Waals surface area contributed by atoms with Crippen molar-refractivity contribution in [2.24, 2.45) is 0 Å². The van der Waals surface area contributed by atoms with Crippen molar-refractivity contribution in [2.75, 3.05) is 19.6 Å². The topological polar surface area (TPSA) is 27.3 Å². The van der Waals surface area contributed by atoms with Gasteiger partial charge in [0, 0.05) is 19.6 Å². The van der Waals surface area contributed by atoms with E-state index in [4.69, 9.17) is 12.2 Å². The Morgan fingerprint density at radius 2 is 1.52 bits per heavy atom. The SMILES string of the molecule is S=C(NCCc1ccccc1)NCc1ccc(CN2CCCC2)cc1. The van der Waals surface area contributed by atoms with Crippen molar-refractivity contribution >= 4 is 17.3 Å². The van der Waals surface area contributed by atoms with Gasteiger partial charge in [0.25, 0.3) is 0 Å². The quantitative estimate of drug-likeness (QED) is 0.745. The van der Waals surface area contributed by atoms with E-state index in [1.54, 1.807) is 0 Å². The molecule has 1 fully saturated rings. The second-order valence-electron chi connectivity index (χ2n) is 6.64. The molecule has 1 heterocycles. The van der Waals surface area contributed by atoms with Crippen LogP contribution in [0.4, 0.5) is 0 Å². The normalized spacial score (nSPS) is 14.4. The molecule has 2 aromatic carbocycles. The molecule has 0 aromatic heterocycles. The highest BCUT2D eigenvalue weighted by Gasteiger charge is 2.11. The standard InChI is InChI=1S/C21H27N3S/c25-21(22-13-12-18-6-2-1-3-7-18)23-16-19-8-10-20(11-9-19)17-24-14-4-5-15-24/h1-3,6-11H,4-5,12-17H2,(H2,22,23,25). The number of nitrogens with zero attached hydrogens (tertiary/aromatic N) is 1. The molecule has 1 aliphatic rings. The number of rotatable bonds is 7. The molecule has 0 aliphatic carbocycles. The van der Waals surface area contributed by atoms with E-state index in [0.717, 1.165) is 31.2 Å². The number of likely N-dealkylation sites (tertiary alicyclic amines) is 1. The van der Waals surface area contributed by atoms with Crippen LogP contribution in [0.15, 0.2) is 54.6 Å². The van der Waals surface area contributed by atoms with Crippen LogP contribution in [-0.4, -0.2) is 29.6 Å². The fourth-order valence-corrected chi connectivity index (χ4v) is 3.35. The van der Waals surface area contributed by atoms with Gasteiger partial charge in [0.05, 0.1) is 0 Å². The van der Waals surface area contributed by atoms with E-state index >= 15 is 0 Å².